The molecule has 1 aromatic carbocycles. The molecule has 0 spiro atoms. The summed E-state index contributed by atoms with van der Waals surface area (Å²) >= 11 is 0. The summed E-state index contributed by atoms with van der Waals surface area (Å²) in [6.07, 6.45) is 5.69. The molecule has 0 bridgehead atoms. The Morgan fingerprint density at radius 2 is 1.77 bits per heavy atom. The van der Waals surface area contributed by atoms with Crippen LogP contribution in [0, 0.1) is 0 Å². The highest BCUT2D eigenvalue weighted by Crippen LogP contribution is 2.32. The van der Waals surface area contributed by atoms with Gasteiger partial charge in [-0.05, 0) is 43.9 Å². The van der Waals surface area contributed by atoms with E-state index in [4.69, 9.17) is 9.15 Å². The second-order valence-corrected chi connectivity index (χ2v) is 8.90. The number of rotatable bonds is 4. The van der Waals surface area contributed by atoms with Crippen LogP contribution in [0.4, 0.5) is 8.78 Å². The van der Waals surface area contributed by atoms with Crippen LogP contribution < -0.4 is 4.74 Å². The van der Waals surface area contributed by atoms with Gasteiger partial charge in [0.15, 0.2) is 5.76 Å². The van der Waals surface area contributed by atoms with Gasteiger partial charge in [-0.15, -0.1) is 0 Å². The van der Waals surface area contributed by atoms with Crippen molar-refractivity contribution in [1.29, 1.82) is 0 Å². The molecule has 7 heteroatoms. The number of amides is 1. The van der Waals surface area contributed by atoms with Crippen LogP contribution in [0.5, 0.6) is 5.75 Å². The van der Waals surface area contributed by atoms with Gasteiger partial charge in [-0.1, -0.05) is 6.42 Å². The lowest BCUT2D eigenvalue weighted by atomic mass is 9.90. The van der Waals surface area contributed by atoms with E-state index in [2.05, 4.69) is 4.90 Å². The number of furan rings is 1. The minimum atomic E-state index is -2.68. The first-order valence-electron chi connectivity index (χ1n) is 11.1. The molecule has 1 aromatic heterocycles. The minimum absolute atomic E-state index is 0.0524. The third kappa shape index (κ3) is 4.04. The fraction of sp³-hybridized carbons (Fsp3) is 0.609. The number of likely N-dealkylation sites (tertiary alicyclic amines) is 2. The molecule has 1 amide bonds. The molecule has 3 heterocycles. The summed E-state index contributed by atoms with van der Waals surface area (Å²) in [5, 5.41) is 0.813. The van der Waals surface area contributed by atoms with E-state index >= 15 is 0 Å². The number of nitrogens with zero attached hydrogens (tertiary/aromatic N) is 2. The highest BCUT2D eigenvalue weighted by molar-refractivity contribution is 5.96. The van der Waals surface area contributed by atoms with Crippen LogP contribution in [0.2, 0.25) is 0 Å². The lowest BCUT2D eigenvalue weighted by molar-refractivity contribution is -0.0498. The van der Waals surface area contributed by atoms with Crippen LogP contribution in [0.3, 0.4) is 0 Å². The van der Waals surface area contributed by atoms with Gasteiger partial charge in [0.1, 0.15) is 17.4 Å². The van der Waals surface area contributed by atoms with Crippen LogP contribution in [-0.4, -0.2) is 60.0 Å². The molecular formula is C23H28F2N2O3. The monoisotopic (exact) mass is 418 g/mol. The van der Waals surface area contributed by atoms with E-state index < -0.39 is 5.92 Å². The third-order valence-corrected chi connectivity index (χ3v) is 6.85. The molecule has 0 unspecified atom stereocenters. The van der Waals surface area contributed by atoms with Gasteiger partial charge in [-0.3, -0.25) is 4.79 Å². The van der Waals surface area contributed by atoms with Crippen molar-refractivity contribution in [1.82, 2.24) is 9.80 Å². The average Bonchev–Trinajstić information content (AvgIpc) is 3.11. The van der Waals surface area contributed by atoms with Gasteiger partial charge in [-0.25, -0.2) is 8.78 Å². The molecule has 1 saturated carbocycles. The third-order valence-electron chi connectivity index (χ3n) is 6.85. The van der Waals surface area contributed by atoms with E-state index in [1.807, 2.05) is 18.2 Å². The molecule has 5 nitrogen and oxygen atoms in total. The number of hydrogen-bond acceptors (Lipinski definition) is 4. The topological polar surface area (TPSA) is 45.9 Å². The highest BCUT2D eigenvalue weighted by atomic mass is 19.3. The molecular weight excluding hydrogens is 390 g/mol. The Kier molecular flexibility index (Phi) is 5.17. The van der Waals surface area contributed by atoms with Gasteiger partial charge in [0, 0.05) is 56.5 Å². The number of ether oxygens (including phenoxy) is 1. The van der Waals surface area contributed by atoms with Crippen molar-refractivity contribution >= 4 is 16.9 Å². The van der Waals surface area contributed by atoms with E-state index in [0.717, 1.165) is 43.1 Å². The van der Waals surface area contributed by atoms with Crippen molar-refractivity contribution in [3.8, 4) is 5.75 Å². The molecule has 1 aliphatic carbocycles. The predicted octanol–water partition coefficient (Wildman–Crippen LogP) is 4.70. The Bertz CT molecular complexity index is 906. The van der Waals surface area contributed by atoms with Crippen LogP contribution >= 0.6 is 0 Å². The minimum Gasteiger partial charge on any atom is -0.490 e. The van der Waals surface area contributed by atoms with E-state index in [0.29, 0.717) is 5.58 Å². The molecule has 0 atom stereocenters. The summed E-state index contributed by atoms with van der Waals surface area (Å²) < 4.78 is 38.7. The molecule has 0 N–H and O–H groups in total. The van der Waals surface area contributed by atoms with E-state index in [1.54, 1.807) is 6.07 Å². The van der Waals surface area contributed by atoms with Gasteiger partial charge >= 0.3 is 0 Å². The maximum absolute atomic E-state index is 13.4. The Morgan fingerprint density at radius 3 is 2.43 bits per heavy atom. The number of piperidine rings is 2. The Balaban J connectivity index is 1.21. The van der Waals surface area contributed by atoms with Crippen LogP contribution in [-0.2, 0) is 0 Å². The fourth-order valence-electron chi connectivity index (χ4n) is 4.69. The van der Waals surface area contributed by atoms with Crippen molar-refractivity contribution < 1.29 is 22.7 Å². The second-order valence-electron chi connectivity index (χ2n) is 8.90. The van der Waals surface area contributed by atoms with Gasteiger partial charge < -0.3 is 19.0 Å². The molecule has 0 radical (unpaired) electrons. The van der Waals surface area contributed by atoms with Crippen molar-refractivity contribution in [3.05, 3.63) is 30.0 Å². The van der Waals surface area contributed by atoms with Crippen molar-refractivity contribution in [2.24, 2.45) is 0 Å². The summed E-state index contributed by atoms with van der Waals surface area (Å²) in [5.74, 6) is -2.06. The lowest BCUT2D eigenvalue weighted by Gasteiger charge is -2.41. The van der Waals surface area contributed by atoms with Crippen LogP contribution in [0.25, 0.3) is 11.0 Å². The SMILES string of the molecule is O=C(c1cc2ccc(OC3CCN(C4CCC4)CC3)cc2o1)N1CCC(F)(F)CC1. The average molecular weight is 418 g/mol. The quantitative estimate of drug-likeness (QED) is 0.722. The van der Waals surface area contributed by atoms with Crippen LogP contribution in [0.15, 0.2) is 28.7 Å². The molecule has 3 aliphatic rings. The Labute approximate surface area is 174 Å². The number of carbonyl (C=O) groups is 1. The predicted molar refractivity (Wildman–Crippen MR) is 109 cm³/mol. The van der Waals surface area contributed by atoms with Crippen LogP contribution in [0.1, 0.15) is 55.5 Å². The van der Waals surface area contributed by atoms with Gasteiger partial charge in [0.2, 0.25) is 0 Å². The van der Waals surface area contributed by atoms with Gasteiger partial charge in [-0.2, -0.15) is 0 Å². The van der Waals surface area contributed by atoms with E-state index in [-0.39, 0.29) is 43.7 Å². The number of hydrogen-bond donors (Lipinski definition) is 0. The molecule has 30 heavy (non-hydrogen) atoms. The molecule has 2 aliphatic heterocycles. The molecule has 3 fully saturated rings. The molecule has 5 rings (SSSR count). The van der Waals surface area contributed by atoms with E-state index in [9.17, 15) is 13.6 Å². The first-order chi connectivity index (χ1) is 14.5. The molecule has 162 valence electrons. The zero-order valence-electron chi connectivity index (χ0n) is 17.1. The van der Waals surface area contributed by atoms with Crippen molar-refractivity contribution in [2.45, 2.75) is 63.0 Å². The summed E-state index contributed by atoms with van der Waals surface area (Å²) in [6, 6.07) is 8.09. The zero-order chi connectivity index (χ0) is 20.7. The largest absolute Gasteiger partial charge is 0.490 e. The summed E-state index contributed by atoms with van der Waals surface area (Å²) in [4.78, 5) is 16.7. The smallest absolute Gasteiger partial charge is 0.289 e. The normalized spacial score (nSPS) is 23.5. The number of alkyl halides is 2. The second kappa shape index (κ2) is 7.84. The number of benzene rings is 1. The Morgan fingerprint density at radius 1 is 1.03 bits per heavy atom. The number of fused-ring (bicyclic) bond motifs is 1. The standard InChI is InChI=1S/C23H28F2N2O3/c24-23(25)8-12-27(13-9-23)22(28)21-14-16-4-5-19(15-20(16)30-21)29-18-6-10-26(11-7-18)17-2-1-3-17/h4-5,14-15,17-18H,1-3,6-13H2. The maximum Gasteiger partial charge on any atom is 0.289 e. The van der Waals surface area contributed by atoms with Crippen molar-refractivity contribution in [3.63, 3.8) is 0 Å². The fourth-order valence-corrected chi connectivity index (χ4v) is 4.69. The lowest BCUT2D eigenvalue weighted by Crippen LogP contribution is -2.46. The first-order valence-corrected chi connectivity index (χ1v) is 11.1. The molecule has 2 saturated heterocycles. The summed E-state index contributed by atoms with van der Waals surface area (Å²) in [7, 11) is 0. The highest BCUT2D eigenvalue weighted by Gasteiger charge is 2.36. The summed E-state index contributed by atoms with van der Waals surface area (Å²) in [6.45, 7) is 2.28. The number of carbonyl (C=O) groups excluding carboxylic acids is 1. The summed E-state index contributed by atoms with van der Waals surface area (Å²) in [5.41, 5.74) is 0.588. The van der Waals surface area contributed by atoms with E-state index in [1.165, 1.54) is 24.2 Å². The Hall–Kier alpha value is -2.15. The first kappa shape index (κ1) is 19.8. The number of halogens is 2. The van der Waals surface area contributed by atoms with Crippen molar-refractivity contribution in [2.75, 3.05) is 26.2 Å². The van der Waals surface area contributed by atoms with Gasteiger partial charge in [0.25, 0.3) is 11.8 Å². The molecule has 2 aromatic rings. The zero-order valence-corrected chi connectivity index (χ0v) is 17.1. The maximum atomic E-state index is 13.4. The van der Waals surface area contributed by atoms with Gasteiger partial charge in [0.05, 0.1) is 0 Å².